The molecular weight excluding hydrogens is 138 g/mol. The van der Waals surface area contributed by atoms with Crippen molar-refractivity contribution in [1.82, 2.24) is 0 Å². The molecule has 11 heavy (non-hydrogen) atoms. The minimum absolute atomic E-state index is 0.0550. The molecule has 0 bridgehead atoms. The number of rotatable bonds is 2. The molecule has 1 aromatic rings. The maximum Gasteiger partial charge on any atom is 0.123 e. The third-order valence-corrected chi connectivity index (χ3v) is 1.27. The average Bonchev–Trinajstić information content (AvgIpc) is 2.07. The monoisotopic (exact) mass is 144 g/mol. The molecule has 0 aliphatic heterocycles. The van der Waals surface area contributed by atoms with Gasteiger partial charge in [0.2, 0.25) is 0 Å². The lowest BCUT2D eigenvalue weighted by Gasteiger charge is -2.03. The molecule has 0 atom stereocenters. The summed E-state index contributed by atoms with van der Waals surface area (Å²) in [6, 6.07) is 8.82. The first-order chi connectivity index (χ1) is 5.34. The summed E-state index contributed by atoms with van der Waals surface area (Å²) in [4.78, 5) is 9.83. The lowest BCUT2D eigenvalue weighted by molar-refractivity contribution is 0.569. The van der Waals surface area contributed by atoms with Crippen molar-refractivity contribution >= 4 is 11.7 Å². The Balaban J connectivity index is 2.94. The lowest BCUT2D eigenvalue weighted by Crippen LogP contribution is -1.91. The first-order valence-electron chi connectivity index (χ1n) is 3.17. The van der Waals surface area contributed by atoms with Gasteiger partial charge in [0.15, 0.2) is 0 Å². The maximum absolute atomic E-state index is 9.83. The van der Waals surface area contributed by atoms with Crippen LogP contribution in [-0.4, -0.2) is 11.7 Å². The molecule has 0 aliphatic carbocycles. The molecule has 0 aliphatic rings. The highest BCUT2D eigenvalue weighted by Gasteiger charge is 1.85. The Labute approximate surface area is 64.7 Å². The zero-order valence-corrected chi connectivity index (χ0v) is 5.82. The van der Waals surface area contributed by atoms with Crippen LogP contribution in [0.3, 0.4) is 0 Å². The van der Waals surface area contributed by atoms with Crippen LogP contribution in [0.15, 0.2) is 36.4 Å². The van der Waals surface area contributed by atoms with Gasteiger partial charge in [-0.15, -0.1) is 5.71 Å². The fraction of sp³-hybridized carbons (Fsp3) is 0. The molecule has 0 fully saturated rings. The molecule has 0 saturated heterocycles. The summed E-state index contributed by atoms with van der Waals surface area (Å²) >= 11 is 0. The number of hydrogen-bond donors (Lipinski definition) is 0. The second-order valence-corrected chi connectivity index (χ2v) is 2.01. The van der Waals surface area contributed by atoms with E-state index in [9.17, 15) is 4.79 Å². The van der Waals surface area contributed by atoms with E-state index in [4.69, 9.17) is 5.41 Å². The third kappa shape index (κ3) is 1.88. The molecule has 0 unspecified atom stereocenters. The quantitative estimate of drug-likeness (QED) is 0.457. The van der Waals surface area contributed by atoms with E-state index < -0.39 is 0 Å². The van der Waals surface area contributed by atoms with Crippen molar-refractivity contribution in [1.29, 1.82) is 0 Å². The van der Waals surface area contributed by atoms with Crippen LogP contribution in [0.5, 0.6) is 0 Å². The average molecular weight is 144 g/mol. The summed E-state index contributed by atoms with van der Waals surface area (Å²) in [6.07, 6.45) is 0.995. The number of allylic oxidation sites excluding steroid dienone is 1. The molecule has 0 aromatic heterocycles. The Kier molecular flexibility index (Phi) is 2.37. The van der Waals surface area contributed by atoms with Crippen LogP contribution in [0.1, 0.15) is 5.56 Å². The normalized spacial score (nSPS) is 8.36. The maximum atomic E-state index is 9.83. The van der Waals surface area contributed by atoms with Gasteiger partial charge in [0, 0.05) is 6.08 Å². The summed E-state index contributed by atoms with van der Waals surface area (Å²) in [7, 11) is 0. The van der Waals surface area contributed by atoms with Crippen LogP contribution in [0, 0.1) is 0 Å². The Morgan fingerprint density at radius 2 is 2.00 bits per heavy atom. The molecule has 0 radical (unpaired) electrons. The van der Waals surface area contributed by atoms with Crippen molar-refractivity contribution < 1.29 is 4.79 Å². The van der Waals surface area contributed by atoms with Crippen molar-refractivity contribution in [2.45, 2.75) is 0 Å². The Bertz CT molecular complexity index is 297. The largest absolute Gasteiger partial charge is 0.803 e. The van der Waals surface area contributed by atoms with E-state index in [1.807, 2.05) is 6.07 Å². The SMILES string of the molecule is [N-]=C(C=C=O)c1ccccc1. The smallest absolute Gasteiger partial charge is 0.123 e. The summed E-state index contributed by atoms with van der Waals surface area (Å²) in [5.41, 5.74) is 0.566. The summed E-state index contributed by atoms with van der Waals surface area (Å²) < 4.78 is 0. The molecule has 2 nitrogen and oxygen atoms in total. The van der Waals surface area contributed by atoms with Gasteiger partial charge in [-0.25, -0.2) is 4.79 Å². The molecule has 0 N–H and O–H groups in total. The topological polar surface area (TPSA) is 39.4 Å². The van der Waals surface area contributed by atoms with Crippen LogP contribution in [0.25, 0.3) is 5.41 Å². The Morgan fingerprint density at radius 1 is 1.36 bits per heavy atom. The van der Waals surface area contributed by atoms with Crippen molar-refractivity contribution in [2.75, 3.05) is 0 Å². The number of carbonyl (C=O) groups excluding carboxylic acids is 1. The van der Waals surface area contributed by atoms with Crippen molar-refractivity contribution in [2.24, 2.45) is 0 Å². The van der Waals surface area contributed by atoms with Gasteiger partial charge in [0.05, 0.1) is 0 Å². The van der Waals surface area contributed by atoms with Gasteiger partial charge in [-0.1, -0.05) is 30.3 Å². The fourth-order valence-electron chi connectivity index (χ4n) is 0.748. The zero-order chi connectivity index (χ0) is 8.10. The molecule has 54 valence electrons. The van der Waals surface area contributed by atoms with E-state index in [0.717, 1.165) is 6.08 Å². The van der Waals surface area contributed by atoms with Crippen LogP contribution in [0.2, 0.25) is 0 Å². The van der Waals surface area contributed by atoms with E-state index in [1.165, 1.54) is 5.94 Å². The fourth-order valence-corrected chi connectivity index (χ4v) is 0.748. The van der Waals surface area contributed by atoms with Crippen molar-refractivity contribution in [3.63, 3.8) is 0 Å². The van der Waals surface area contributed by atoms with Gasteiger partial charge in [0.25, 0.3) is 0 Å². The van der Waals surface area contributed by atoms with Crippen LogP contribution < -0.4 is 0 Å². The van der Waals surface area contributed by atoms with Gasteiger partial charge in [-0.3, -0.25) is 0 Å². The minimum atomic E-state index is -0.0550. The van der Waals surface area contributed by atoms with E-state index in [2.05, 4.69) is 0 Å². The standard InChI is InChI=1S/C9H6NO/c10-9(6-7-11)8-4-2-1-3-5-8/h1-6H/q-1. The Hall–Kier alpha value is -1.66. The summed E-state index contributed by atoms with van der Waals surface area (Å²) in [6.45, 7) is 0. The highest BCUT2D eigenvalue weighted by molar-refractivity contribution is 6.14. The Morgan fingerprint density at radius 3 is 2.55 bits per heavy atom. The number of nitrogens with zero attached hydrogens (tertiary/aromatic N) is 1. The van der Waals surface area contributed by atoms with Crippen LogP contribution in [0.4, 0.5) is 0 Å². The lowest BCUT2D eigenvalue weighted by atomic mass is 10.1. The molecule has 0 saturated carbocycles. The molecule has 0 amide bonds. The van der Waals surface area contributed by atoms with Gasteiger partial charge in [0.1, 0.15) is 5.94 Å². The van der Waals surface area contributed by atoms with Crippen LogP contribution in [-0.2, 0) is 4.79 Å². The minimum Gasteiger partial charge on any atom is -0.803 e. The number of benzene rings is 1. The molecular formula is C9H6NO-. The second-order valence-electron chi connectivity index (χ2n) is 2.01. The summed E-state index contributed by atoms with van der Waals surface area (Å²) in [5.74, 6) is 1.50. The molecule has 0 spiro atoms. The van der Waals surface area contributed by atoms with Crippen molar-refractivity contribution in [3.8, 4) is 0 Å². The van der Waals surface area contributed by atoms with Gasteiger partial charge in [-0.05, 0) is 5.56 Å². The molecule has 2 heteroatoms. The first kappa shape index (κ1) is 7.45. The van der Waals surface area contributed by atoms with Gasteiger partial charge >= 0.3 is 0 Å². The number of hydrogen-bond acceptors (Lipinski definition) is 1. The molecule has 1 aromatic carbocycles. The predicted molar refractivity (Wildman–Crippen MR) is 44.2 cm³/mol. The van der Waals surface area contributed by atoms with Crippen LogP contribution >= 0.6 is 0 Å². The van der Waals surface area contributed by atoms with E-state index in [1.54, 1.807) is 24.3 Å². The molecule has 0 heterocycles. The van der Waals surface area contributed by atoms with Gasteiger partial charge < -0.3 is 5.41 Å². The van der Waals surface area contributed by atoms with E-state index >= 15 is 0 Å². The van der Waals surface area contributed by atoms with E-state index in [0.29, 0.717) is 5.56 Å². The highest BCUT2D eigenvalue weighted by Crippen LogP contribution is 1.99. The zero-order valence-electron chi connectivity index (χ0n) is 5.82. The predicted octanol–water partition coefficient (Wildman–Crippen LogP) is 1.43. The molecule has 1 rings (SSSR count). The first-order valence-corrected chi connectivity index (χ1v) is 3.17. The van der Waals surface area contributed by atoms with Gasteiger partial charge in [-0.2, -0.15) is 0 Å². The highest BCUT2D eigenvalue weighted by atomic mass is 16.1. The van der Waals surface area contributed by atoms with Crippen molar-refractivity contribution in [3.05, 3.63) is 47.4 Å². The third-order valence-electron chi connectivity index (χ3n) is 1.27. The summed E-state index contributed by atoms with van der Waals surface area (Å²) in [5, 5.41) is 9.12. The second kappa shape index (κ2) is 3.49. The van der Waals surface area contributed by atoms with E-state index in [-0.39, 0.29) is 5.71 Å².